The van der Waals surface area contributed by atoms with E-state index in [-0.39, 0.29) is 0 Å². The van der Waals surface area contributed by atoms with Gasteiger partial charge in [0.15, 0.2) is 0 Å². The molecule has 0 saturated carbocycles. The van der Waals surface area contributed by atoms with Crippen molar-refractivity contribution >= 4 is 0 Å². The van der Waals surface area contributed by atoms with E-state index >= 15 is 0 Å². The van der Waals surface area contributed by atoms with Gasteiger partial charge < -0.3 is 10.1 Å². The zero-order valence-electron chi connectivity index (χ0n) is 14.4. The van der Waals surface area contributed by atoms with Gasteiger partial charge in [-0.15, -0.1) is 0 Å². The highest BCUT2D eigenvalue weighted by Crippen LogP contribution is 2.25. The standard InChI is InChI=1S/C18H32N2O/c1-6-9-12-20(7-2)14-17-13-16(15(4)19-5)10-11-18(17)21-8-3/h10-11,13,15,19H,6-9,12,14H2,1-5H3. The lowest BCUT2D eigenvalue weighted by Gasteiger charge is -2.23. The van der Waals surface area contributed by atoms with Crippen molar-refractivity contribution < 1.29 is 4.74 Å². The van der Waals surface area contributed by atoms with Crippen LogP contribution in [0.15, 0.2) is 18.2 Å². The highest BCUT2D eigenvalue weighted by atomic mass is 16.5. The Bertz CT molecular complexity index is 406. The second-order valence-corrected chi connectivity index (χ2v) is 5.53. The summed E-state index contributed by atoms with van der Waals surface area (Å²) in [7, 11) is 2.00. The van der Waals surface area contributed by atoms with E-state index in [1.807, 2.05) is 14.0 Å². The minimum Gasteiger partial charge on any atom is -0.494 e. The van der Waals surface area contributed by atoms with Crippen molar-refractivity contribution in [3.8, 4) is 5.75 Å². The normalized spacial score (nSPS) is 12.7. The van der Waals surface area contributed by atoms with Crippen LogP contribution in [0.5, 0.6) is 5.75 Å². The molecular formula is C18H32N2O. The molecule has 21 heavy (non-hydrogen) atoms. The van der Waals surface area contributed by atoms with E-state index < -0.39 is 0 Å². The first kappa shape index (κ1) is 18.0. The SMILES string of the molecule is CCCCN(CC)Cc1cc(C(C)NC)ccc1OCC. The fourth-order valence-corrected chi connectivity index (χ4v) is 2.43. The summed E-state index contributed by atoms with van der Waals surface area (Å²) in [6, 6.07) is 6.94. The second-order valence-electron chi connectivity index (χ2n) is 5.53. The molecule has 0 fully saturated rings. The van der Waals surface area contributed by atoms with Crippen LogP contribution in [-0.4, -0.2) is 31.6 Å². The topological polar surface area (TPSA) is 24.5 Å². The van der Waals surface area contributed by atoms with Crippen LogP contribution in [0, 0.1) is 0 Å². The molecular weight excluding hydrogens is 260 g/mol. The number of rotatable bonds is 10. The molecule has 0 aliphatic carbocycles. The highest BCUT2D eigenvalue weighted by molar-refractivity contribution is 5.38. The van der Waals surface area contributed by atoms with Crippen molar-refractivity contribution in [3.05, 3.63) is 29.3 Å². The van der Waals surface area contributed by atoms with E-state index in [2.05, 4.69) is 49.2 Å². The maximum atomic E-state index is 5.81. The monoisotopic (exact) mass is 292 g/mol. The van der Waals surface area contributed by atoms with E-state index in [9.17, 15) is 0 Å². The molecule has 3 heteroatoms. The Morgan fingerprint density at radius 3 is 2.57 bits per heavy atom. The van der Waals surface area contributed by atoms with E-state index in [1.54, 1.807) is 0 Å². The van der Waals surface area contributed by atoms with Crippen molar-refractivity contribution in [2.45, 2.75) is 53.1 Å². The van der Waals surface area contributed by atoms with Gasteiger partial charge in [-0.05, 0) is 58.1 Å². The van der Waals surface area contributed by atoms with Crippen LogP contribution < -0.4 is 10.1 Å². The molecule has 0 aliphatic rings. The van der Waals surface area contributed by atoms with E-state index in [0.717, 1.165) is 32.0 Å². The summed E-state index contributed by atoms with van der Waals surface area (Å²) in [5.41, 5.74) is 2.62. The zero-order valence-corrected chi connectivity index (χ0v) is 14.4. The molecule has 0 heterocycles. The molecule has 1 aromatic rings. The van der Waals surface area contributed by atoms with Gasteiger partial charge in [-0.25, -0.2) is 0 Å². The average Bonchev–Trinajstić information content (AvgIpc) is 2.52. The predicted molar refractivity (Wildman–Crippen MR) is 90.9 cm³/mol. The summed E-state index contributed by atoms with van der Waals surface area (Å²) >= 11 is 0. The van der Waals surface area contributed by atoms with Gasteiger partial charge in [0.2, 0.25) is 0 Å². The van der Waals surface area contributed by atoms with Crippen LogP contribution >= 0.6 is 0 Å². The van der Waals surface area contributed by atoms with Crippen LogP contribution in [0.2, 0.25) is 0 Å². The smallest absolute Gasteiger partial charge is 0.123 e. The Kier molecular flexibility index (Phi) is 8.40. The Balaban J connectivity index is 2.93. The number of hydrogen-bond acceptors (Lipinski definition) is 3. The fourth-order valence-electron chi connectivity index (χ4n) is 2.43. The van der Waals surface area contributed by atoms with Gasteiger partial charge in [0.05, 0.1) is 6.61 Å². The maximum Gasteiger partial charge on any atom is 0.123 e. The lowest BCUT2D eigenvalue weighted by molar-refractivity contribution is 0.265. The number of benzene rings is 1. The lowest BCUT2D eigenvalue weighted by Crippen LogP contribution is -2.24. The largest absolute Gasteiger partial charge is 0.494 e. The fraction of sp³-hybridized carbons (Fsp3) is 0.667. The van der Waals surface area contributed by atoms with Crippen molar-refractivity contribution in [2.24, 2.45) is 0 Å². The van der Waals surface area contributed by atoms with Gasteiger partial charge in [0, 0.05) is 18.2 Å². The van der Waals surface area contributed by atoms with Gasteiger partial charge in [-0.3, -0.25) is 4.90 Å². The van der Waals surface area contributed by atoms with Crippen LogP contribution in [0.1, 0.15) is 57.7 Å². The minimum absolute atomic E-state index is 0.366. The maximum absolute atomic E-state index is 5.81. The number of nitrogens with one attached hydrogen (secondary N) is 1. The van der Waals surface area contributed by atoms with Crippen molar-refractivity contribution in [2.75, 3.05) is 26.7 Å². The lowest BCUT2D eigenvalue weighted by atomic mass is 10.0. The molecule has 1 unspecified atom stereocenters. The molecule has 1 atom stereocenters. The molecule has 0 bridgehead atoms. The number of unbranched alkanes of at least 4 members (excludes halogenated alkanes) is 1. The summed E-state index contributed by atoms with van der Waals surface area (Å²) in [6.45, 7) is 12.6. The third-order valence-corrected chi connectivity index (χ3v) is 3.99. The third-order valence-electron chi connectivity index (χ3n) is 3.99. The van der Waals surface area contributed by atoms with Crippen LogP contribution in [0.25, 0.3) is 0 Å². The van der Waals surface area contributed by atoms with Crippen LogP contribution in [0.3, 0.4) is 0 Å². The molecule has 3 nitrogen and oxygen atoms in total. The Hall–Kier alpha value is -1.06. The van der Waals surface area contributed by atoms with Crippen LogP contribution in [-0.2, 0) is 6.54 Å². The van der Waals surface area contributed by atoms with Crippen molar-refractivity contribution in [3.63, 3.8) is 0 Å². The molecule has 0 aromatic heterocycles. The minimum atomic E-state index is 0.366. The first-order chi connectivity index (χ1) is 10.2. The van der Waals surface area contributed by atoms with Gasteiger partial charge in [0.25, 0.3) is 0 Å². The number of nitrogens with zero attached hydrogens (tertiary/aromatic N) is 1. The summed E-state index contributed by atoms with van der Waals surface area (Å²) in [5, 5.41) is 3.31. The molecule has 0 aliphatic heterocycles. The molecule has 0 spiro atoms. The van der Waals surface area contributed by atoms with E-state index in [1.165, 1.54) is 24.0 Å². The summed E-state index contributed by atoms with van der Waals surface area (Å²) in [4.78, 5) is 2.50. The van der Waals surface area contributed by atoms with Gasteiger partial charge in [0.1, 0.15) is 5.75 Å². The third kappa shape index (κ3) is 5.68. The molecule has 1 N–H and O–H groups in total. The predicted octanol–water partition coefficient (Wildman–Crippen LogP) is 3.99. The molecule has 1 rings (SSSR count). The average molecular weight is 292 g/mol. The summed E-state index contributed by atoms with van der Waals surface area (Å²) < 4.78 is 5.81. The molecule has 0 amide bonds. The number of ether oxygens (including phenoxy) is 1. The van der Waals surface area contributed by atoms with Gasteiger partial charge in [-0.2, -0.15) is 0 Å². The Morgan fingerprint density at radius 2 is 2.00 bits per heavy atom. The molecule has 1 aromatic carbocycles. The Morgan fingerprint density at radius 1 is 1.24 bits per heavy atom. The molecule has 0 radical (unpaired) electrons. The molecule has 120 valence electrons. The first-order valence-electron chi connectivity index (χ1n) is 8.31. The van der Waals surface area contributed by atoms with Gasteiger partial charge in [-0.1, -0.05) is 26.3 Å². The van der Waals surface area contributed by atoms with Crippen molar-refractivity contribution in [1.82, 2.24) is 10.2 Å². The van der Waals surface area contributed by atoms with Crippen LogP contribution in [0.4, 0.5) is 0 Å². The van der Waals surface area contributed by atoms with E-state index in [0.29, 0.717) is 6.04 Å². The zero-order chi connectivity index (χ0) is 15.7. The molecule has 0 saturated heterocycles. The summed E-state index contributed by atoms with van der Waals surface area (Å²) in [5.74, 6) is 1.03. The second kappa shape index (κ2) is 9.80. The first-order valence-corrected chi connectivity index (χ1v) is 8.31. The highest BCUT2D eigenvalue weighted by Gasteiger charge is 2.12. The Labute approximate surface area is 130 Å². The van der Waals surface area contributed by atoms with Crippen molar-refractivity contribution in [1.29, 1.82) is 0 Å². The summed E-state index contributed by atoms with van der Waals surface area (Å²) in [6.07, 6.45) is 2.50. The van der Waals surface area contributed by atoms with E-state index in [4.69, 9.17) is 4.74 Å². The quantitative estimate of drug-likeness (QED) is 0.706. The van der Waals surface area contributed by atoms with Gasteiger partial charge >= 0.3 is 0 Å². The number of hydrogen-bond donors (Lipinski definition) is 1.